The number of imidazole rings is 1. The molecule has 0 atom stereocenters. The van der Waals surface area contributed by atoms with Gasteiger partial charge in [-0.3, -0.25) is 9.79 Å². The number of carbonyl (C=O) groups is 1. The van der Waals surface area contributed by atoms with Gasteiger partial charge in [0.1, 0.15) is 0 Å². The van der Waals surface area contributed by atoms with Gasteiger partial charge in [0.15, 0.2) is 0 Å². The minimum Gasteiger partial charge on any atom is -0.347 e. The Morgan fingerprint density at radius 3 is 3.00 bits per heavy atom. The van der Waals surface area contributed by atoms with Crippen LogP contribution in [0.1, 0.15) is 24.7 Å². The van der Waals surface area contributed by atoms with E-state index < -0.39 is 0 Å². The van der Waals surface area contributed by atoms with Crippen LogP contribution in [0.5, 0.6) is 0 Å². The number of nitrogens with zero attached hydrogens (tertiary/aromatic N) is 4. The Balaban J connectivity index is 1.79. The second-order valence-corrected chi connectivity index (χ2v) is 6.96. The number of amides is 1. The van der Waals surface area contributed by atoms with Gasteiger partial charge in [0, 0.05) is 32.3 Å². The number of hydrogen-bond acceptors (Lipinski definition) is 4. The molecule has 0 saturated carbocycles. The van der Waals surface area contributed by atoms with Crippen LogP contribution >= 0.6 is 0 Å². The molecule has 6 heteroatoms. The number of hydrogen-bond donors (Lipinski definition) is 1. The maximum absolute atomic E-state index is 13.1. The quantitative estimate of drug-likeness (QED) is 0.825. The molecule has 138 valence electrons. The average Bonchev–Trinajstić information content (AvgIpc) is 3.12. The lowest BCUT2D eigenvalue weighted by molar-refractivity contribution is -0.127. The van der Waals surface area contributed by atoms with Crippen LogP contribution in [0.3, 0.4) is 0 Å². The molecule has 2 aliphatic heterocycles. The fourth-order valence-electron chi connectivity index (χ4n) is 3.29. The largest absolute Gasteiger partial charge is 0.347 e. The average molecular weight is 353 g/mol. The number of dihydropyridines is 1. The number of fused-ring (bicyclic) bond motifs is 1. The Morgan fingerprint density at radius 2 is 2.23 bits per heavy atom. The van der Waals surface area contributed by atoms with Crippen LogP contribution in [0.25, 0.3) is 0 Å². The summed E-state index contributed by atoms with van der Waals surface area (Å²) in [5.74, 6) is 0.0583. The number of H-pyrrole nitrogens is 1. The third kappa shape index (κ3) is 4.19. The van der Waals surface area contributed by atoms with Crippen LogP contribution in [-0.4, -0.2) is 65.6 Å². The number of allylic oxidation sites excluding steroid dienone is 2. The van der Waals surface area contributed by atoms with Crippen LogP contribution in [0.15, 0.2) is 46.3 Å². The lowest BCUT2D eigenvalue weighted by atomic mass is 9.99. The van der Waals surface area contributed by atoms with E-state index >= 15 is 0 Å². The summed E-state index contributed by atoms with van der Waals surface area (Å²) >= 11 is 0. The first kappa shape index (κ1) is 18.3. The fourth-order valence-corrected chi connectivity index (χ4v) is 3.29. The van der Waals surface area contributed by atoms with Crippen molar-refractivity contribution in [1.29, 1.82) is 0 Å². The van der Waals surface area contributed by atoms with Crippen molar-refractivity contribution in [2.75, 3.05) is 33.7 Å². The van der Waals surface area contributed by atoms with Gasteiger partial charge in [-0.2, -0.15) is 0 Å². The Hall–Kier alpha value is -2.47. The summed E-state index contributed by atoms with van der Waals surface area (Å²) < 4.78 is 0. The highest BCUT2D eigenvalue weighted by atomic mass is 16.2. The van der Waals surface area contributed by atoms with Crippen molar-refractivity contribution in [2.45, 2.75) is 26.3 Å². The third-order valence-corrected chi connectivity index (χ3v) is 4.74. The van der Waals surface area contributed by atoms with Crippen molar-refractivity contribution in [3.05, 3.63) is 52.7 Å². The van der Waals surface area contributed by atoms with Gasteiger partial charge in [-0.05, 0) is 38.6 Å². The van der Waals surface area contributed by atoms with Crippen molar-refractivity contribution in [3.8, 4) is 0 Å². The molecule has 1 N–H and O–H groups in total. The Morgan fingerprint density at radius 1 is 1.38 bits per heavy atom. The highest BCUT2D eigenvalue weighted by molar-refractivity contribution is 6.13. The molecule has 1 aromatic heterocycles. The summed E-state index contributed by atoms with van der Waals surface area (Å²) in [5.41, 5.74) is 5.13. The zero-order valence-electron chi connectivity index (χ0n) is 15.8. The topological polar surface area (TPSA) is 64.6 Å². The molecule has 0 saturated heterocycles. The van der Waals surface area contributed by atoms with Crippen molar-refractivity contribution in [2.24, 2.45) is 4.99 Å². The van der Waals surface area contributed by atoms with E-state index in [1.165, 1.54) is 5.57 Å². The van der Waals surface area contributed by atoms with E-state index in [1.807, 2.05) is 11.8 Å². The molecule has 0 aliphatic carbocycles. The molecule has 0 bridgehead atoms. The summed E-state index contributed by atoms with van der Waals surface area (Å²) in [6.07, 6.45) is 11.4. The summed E-state index contributed by atoms with van der Waals surface area (Å²) in [6, 6.07) is 0. The van der Waals surface area contributed by atoms with Crippen LogP contribution in [0, 0.1) is 0 Å². The molecule has 6 nitrogen and oxygen atoms in total. The number of rotatable bonds is 5. The molecule has 26 heavy (non-hydrogen) atoms. The van der Waals surface area contributed by atoms with Gasteiger partial charge in [0.25, 0.3) is 5.91 Å². The highest BCUT2D eigenvalue weighted by Gasteiger charge is 2.26. The fraction of sp³-hybridized carbons (Fsp3) is 0.450. The Bertz CT molecular complexity index is 782. The minimum atomic E-state index is 0.0583. The van der Waals surface area contributed by atoms with Crippen molar-refractivity contribution >= 4 is 12.1 Å². The molecule has 3 rings (SSSR count). The summed E-state index contributed by atoms with van der Waals surface area (Å²) in [7, 11) is 4.11. The van der Waals surface area contributed by atoms with Crippen molar-refractivity contribution < 1.29 is 4.79 Å². The number of likely N-dealkylation sites (N-methyl/N-ethyl adjacent to an activating group) is 1. The maximum Gasteiger partial charge on any atom is 0.256 e. The first-order valence-electron chi connectivity index (χ1n) is 9.10. The molecule has 3 heterocycles. The molecule has 0 fully saturated rings. The van der Waals surface area contributed by atoms with Gasteiger partial charge in [-0.25, -0.2) is 4.98 Å². The standard InChI is InChI=1S/C20H27N5O/c1-4-15(12-24(2)3)5-6-16-7-9-21-11-17(16)20(26)25-10-8-18-19(13-25)23-14-22-18/h4-6,11,14H,7-10,12-13H2,1-3H3,(H,22,23)/b6-5-,15-4+. The van der Waals surface area contributed by atoms with Crippen molar-refractivity contribution in [1.82, 2.24) is 19.8 Å². The van der Waals surface area contributed by atoms with E-state index in [2.05, 4.69) is 52.2 Å². The van der Waals surface area contributed by atoms with E-state index in [9.17, 15) is 4.79 Å². The van der Waals surface area contributed by atoms with Gasteiger partial charge in [-0.15, -0.1) is 0 Å². The normalized spacial score (nSPS) is 18.2. The molecule has 0 unspecified atom stereocenters. The number of carbonyl (C=O) groups excluding carboxylic acids is 1. The predicted octanol–water partition coefficient (Wildman–Crippen LogP) is 2.13. The predicted molar refractivity (Wildman–Crippen MR) is 104 cm³/mol. The second kappa shape index (κ2) is 8.27. The monoisotopic (exact) mass is 353 g/mol. The van der Waals surface area contributed by atoms with E-state index in [1.54, 1.807) is 12.5 Å². The Labute approximate surface area is 155 Å². The van der Waals surface area contributed by atoms with E-state index in [-0.39, 0.29) is 5.91 Å². The van der Waals surface area contributed by atoms with Gasteiger partial charge in [0.2, 0.25) is 0 Å². The van der Waals surface area contributed by atoms with Crippen LogP contribution in [-0.2, 0) is 17.8 Å². The number of aromatic nitrogens is 2. The summed E-state index contributed by atoms with van der Waals surface area (Å²) in [6.45, 7) is 4.95. The van der Waals surface area contributed by atoms with Crippen LogP contribution in [0.2, 0.25) is 0 Å². The first-order chi connectivity index (χ1) is 12.6. The van der Waals surface area contributed by atoms with E-state index in [0.717, 1.165) is 48.5 Å². The lowest BCUT2D eigenvalue weighted by Gasteiger charge is -2.27. The molecule has 1 amide bonds. The van der Waals surface area contributed by atoms with E-state index in [4.69, 9.17) is 0 Å². The molecule has 2 aliphatic rings. The summed E-state index contributed by atoms with van der Waals surface area (Å²) in [5, 5.41) is 0. The third-order valence-electron chi connectivity index (χ3n) is 4.74. The maximum atomic E-state index is 13.1. The number of nitrogens with one attached hydrogen (secondary N) is 1. The van der Waals surface area contributed by atoms with Crippen LogP contribution in [0.4, 0.5) is 0 Å². The van der Waals surface area contributed by atoms with Gasteiger partial charge >= 0.3 is 0 Å². The molecule has 0 aromatic carbocycles. The molecular weight excluding hydrogens is 326 g/mol. The highest BCUT2D eigenvalue weighted by Crippen LogP contribution is 2.21. The van der Waals surface area contributed by atoms with Gasteiger partial charge < -0.3 is 14.8 Å². The SMILES string of the molecule is C/C=C(\C=C/C1=C(C(=O)N2CCc3nc[nH]c3C2)C=NCC1)CN(C)C. The van der Waals surface area contributed by atoms with Gasteiger partial charge in [-0.1, -0.05) is 18.2 Å². The second-order valence-electron chi connectivity index (χ2n) is 6.96. The molecule has 0 radical (unpaired) electrons. The first-order valence-corrected chi connectivity index (χ1v) is 9.10. The summed E-state index contributed by atoms with van der Waals surface area (Å²) in [4.78, 5) is 28.9. The smallest absolute Gasteiger partial charge is 0.256 e. The number of aromatic amines is 1. The zero-order chi connectivity index (χ0) is 18.5. The number of aliphatic imine (C=N–C) groups is 1. The molecular formula is C20H27N5O. The lowest BCUT2D eigenvalue weighted by Crippen LogP contribution is -2.38. The Kier molecular flexibility index (Phi) is 5.83. The molecule has 0 spiro atoms. The van der Waals surface area contributed by atoms with E-state index in [0.29, 0.717) is 13.1 Å². The minimum absolute atomic E-state index is 0.0583. The zero-order valence-corrected chi connectivity index (χ0v) is 15.8. The van der Waals surface area contributed by atoms with Crippen LogP contribution < -0.4 is 0 Å². The molecule has 1 aromatic rings. The van der Waals surface area contributed by atoms with Crippen molar-refractivity contribution in [3.63, 3.8) is 0 Å². The van der Waals surface area contributed by atoms with Gasteiger partial charge in [0.05, 0.1) is 29.8 Å².